The van der Waals surface area contributed by atoms with Gasteiger partial charge in [-0.15, -0.1) is 0 Å². The minimum atomic E-state index is -0.377. The van der Waals surface area contributed by atoms with Crippen molar-refractivity contribution < 1.29 is 9.84 Å². The fourth-order valence-electron chi connectivity index (χ4n) is 2.19. The minimum Gasteiger partial charge on any atom is -0.391 e. The normalized spacial score (nSPS) is 12.4. The Kier molecular flexibility index (Phi) is 8.26. The van der Waals surface area contributed by atoms with E-state index in [9.17, 15) is 5.11 Å². The van der Waals surface area contributed by atoms with E-state index in [4.69, 9.17) is 4.74 Å². The SMILES string of the molecule is CCN(CC)c1ccc(CNCCC(O)COC)cc1. The maximum absolute atomic E-state index is 9.53. The molecule has 0 heterocycles. The quantitative estimate of drug-likeness (QED) is 0.644. The predicted molar refractivity (Wildman–Crippen MR) is 84.2 cm³/mol. The Balaban J connectivity index is 2.31. The van der Waals surface area contributed by atoms with Crippen LogP contribution in [0, 0.1) is 0 Å². The molecule has 0 radical (unpaired) electrons. The van der Waals surface area contributed by atoms with E-state index in [0.717, 1.165) is 26.2 Å². The summed E-state index contributed by atoms with van der Waals surface area (Å²) in [6.45, 7) is 8.44. The van der Waals surface area contributed by atoms with E-state index < -0.39 is 0 Å². The third-order valence-corrected chi connectivity index (χ3v) is 3.41. The molecule has 2 N–H and O–H groups in total. The van der Waals surface area contributed by atoms with E-state index in [1.165, 1.54) is 11.3 Å². The van der Waals surface area contributed by atoms with E-state index in [-0.39, 0.29) is 6.10 Å². The van der Waals surface area contributed by atoms with Crippen molar-refractivity contribution in [1.82, 2.24) is 5.32 Å². The van der Waals surface area contributed by atoms with Gasteiger partial charge in [0.05, 0.1) is 12.7 Å². The maximum Gasteiger partial charge on any atom is 0.0785 e. The third kappa shape index (κ3) is 5.90. The van der Waals surface area contributed by atoms with E-state index in [1.807, 2.05) is 0 Å². The van der Waals surface area contributed by atoms with Gasteiger partial charge in [-0.25, -0.2) is 0 Å². The second-order valence-electron chi connectivity index (χ2n) is 4.91. The lowest BCUT2D eigenvalue weighted by molar-refractivity contribution is 0.0594. The number of ether oxygens (including phenoxy) is 1. The van der Waals surface area contributed by atoms with Crippen LogP contribution in [0.5, 0.6) is 0 Å². The molecule has 0 aliphatic carbocycles. The van der Waals surface area contributed by atoms with Crippen LogP contribution in [0.2, 0.25) is 0 Å². The molecule has 0 bridgehead atoms. The van der Waals surface area contributed by atoms with E-state index in [0.29, 0.717) is 13.0 Å². The molecule has 1 aromatic rings. The average molecular weight is 280 g/mol. The van der Waals surface area contributed by atoms with E-state index >= 15 is 0 Å². The molecule has 0 aliphatic rings. The third-order valence-electron chi connectivity index (χ3n) is 3.41. The Morgan fingerprint density at radius 1 is 1.20 bits per heavy atom. The number of methoxy groups -OCH3 is 1. The molecule has 0 aromatic heterocycles. The van der Waals surface area contributed by atoms with Crippen LogP contribution < -0.4 is 10.2 Å². The van der Waals surface area contributed by atoms with Gasteiger partial charge in [0.15, 0.2) is 0 Å². The number of rotatable bonds is 10. The molecule has 1 rings (SSSR count). The number of benzene rings is 1. The Bertz CT molecular complexity index is 350. The summed E-state index contributed by atoms with van der Waals surface area (Å²) < 4.78 is 4.89. The molecule has 0 aliphatic heterocycles. The molecule has 0 fully saturated rings. The lowest BCUT2D eigenvalue weighted by Gasteiger charge is -2.21. The maximum atomic E-state index is 9.53. The van der Waals surface area contributed by atoms with E-state index in [2.05, 4.69) is 48.3 Å². The second-order valence-corrected chi connectivity index (χ2v) is 4.91. The first-order valence-electron chi connectivity index (χ1n) is 7.42. The van der Waals surface area contributed by atoms with Gasteiger partial charge in [-0.05, 0) is 44.5 Å². The molecular weight excluding hydrogens is 252 g/mol. The monoisotopic (exact) mass is 280 g/mol. The number of hydrogen-bond acceptors (Lipinski definition) is 4. The summed E-state index contributed by atoms with van der Waals surface area (Å²) in [5, 5.41) is 12.9. The number of anilines is 1. The van der Waals surface area contributed by atoms with Crippen LogP contribution in [0.3, 0.4) is 0 Å². The molecule has 0 spiro atoms. The zero-order valence-electron chi connectivity index (χ0n) is 12.9. The van der Waals surface area contributed by atoms with Gasteiger partial charge in [0.2, 0.25) is 0 Å². The first-order valence-corrected chi connectivity index (χ1v) is 7.42. The summed E-state index contributed by atoms with van der Waals surface area (Å²) in [6.07, 6.45) is 0.336. The van der Waals surface area contributed by atoms with Crippen LogP contribution in [0.4, 0.5) is 5.69 Å². The molecule has 1 unspecified atom stereocenters. The van der Waals surface area contributed by atoms with Gasteiger partial charge in [-0.3, -0.25) is 0 Å². The van der Waals surface area contributed by atoms with Crippen LogP contribution in [-0.2, 0) is 11.3 Å². The van der Waals surface area contributed by atoms with Crippen LogP contribution >= 0.6 is 0 Å². The summed E-state index contributed by atoms with van der Waals surface area (Å²) in [4.78, 5) is 2.33. The molecule has 0 amide bonds. The summed E-state index contributed by atoms with van der Waals surface area (Å²) in [5.41, 5.74) is 2.54. The molecule has 0 saturated heterocycles. The average Bonchev–Trinajstić information content (AvgIpc) is 2.47. The van der Waals surface area contributed by atoms with Crippen molar-refractivity contribution in [2.75, 3.05) is 38.3 Å². The van der Waals surface area contributed by atoms with Crippen LogP contribution in [0.1, 0.15) is 25.8 Å². The Labute approximate surface area is 122 Å². The van der Waals surface area contributed by atoms with Crippen molar-refractivity contribution in [3.05, 3.63) is 29.8 Å². The summed E-state index contributed by atoms with van der Waals surface area (Å²) in [6, 6.07) is 8.66. The Morgan fingerprint density at radius 2 is 1.85 bits per heavy atom. The lowest BCUT2D eigenvalue weighted by atomic mass is 10.2. The van der Waals surface area contributed by atoms with Crippen molar-refractivity contribution in [1.29, 1.82) is 0 Å². The minimum absolute atomic E-state index is 0.377. The van der Waals surface area contributed by atoms with Gasteiger partial charge in [-0.2, -0.15) is 0 Å². The zero-order chi connectivity index (χ0) is 14.8. The second kappa shape index (κ2) is 9.75. The molecular formula is C16H28N2O2. The highest BCUT2D eigenvalue weighted by Crippen LogP contribution is 2.14. The van der Waals surface area contributed by atoms with Gasteiger partial charge in [-0.1, -0.05) is 12.1 Å². The van der Waals surface area contributed by atoms with Crippen LogP contribution in [0.15, 0.2) is 24.3 Å². The van der Waals surface area contributed by atoms with Gasteiger partial charge in [0, 0.05) is 32.4 Å². The molecule has 114 valence electrons. The fraction of sp³-hybridized carbons (Fsp3) is 0.625. The Hall–Kier alpha value is -1.10. The van der Waals surface area contributed by atoms with Crippen LogP contribution in [-0.4, -0.2) is 44.6 Å². The van der Waals surface area contributed by atoms with Gasteiger partial charge in [0.25, 0.3) is 0 Å². The zero-order valence-corrected chi connectivity index (χ0v) is 12.9. The van der Waals surface area contributed by atoms with Crippen molar-refractivity contribution in [3.8, 4) is 0 Å². The summed E-state index contributed by atoms with van der Waals surface area (Å²) >= 11 is 0. The van der Waals surface area contributed by atoms with Crippen molar-refractivity contribution in [3.63, 3.8) is 0 Å². The number of nitrogens with one attached hydrogen (secondary N) is 1. The molecule has 4 nitrogen and oxygen atoms in total. The molecule has 4 heteroatoms. The number of aliphatic hydroxyl groups excluding tert-OH is 1. The highest BCUT2D eigenvalue weighted by Gasteiger charge is 2.03. The summed E-state index contributed by atoms with van der Waals surface area (Å²) in [5.74, 6) is 0. The number of nitrogens with zero attached hydrogens (tertiary/aromatic N) is 1. The molecule has 0 saturated carbocycles. The molecule has 1 atom stereocenters. The fourth-order valence-corrected chi connectivity index (χ4v) is 2.19. The van der Waals surface area contributed by atoms with Crippen LogP contribution in [0.25, 0.3) is 0 Å². The Morgan fingerprint density at radius 3 is 2.40 bits per heavy atom. The molecule has 1 aromatic carbocycles. The van der Waals surface area contributed by atoms with Crippen molar-refractivity contribution in [2.24, 2.45) is 0 Å². The van der Waals surface area contributed by atoms with Crippen molar-refractivity contribution >= 4 is 5.69 Å². The first-order chi connectivity index (χ1) is 9.71. The van der Waals surface area contributed by atoms with Gasteiger partial charge >= 0.3 is 0 Å². The molecule has 20 heavy (non-hydrogen) atoms. The highest BCUT2D eigenvalue weighted by atomic mass is 16.5. The van der Waals surface area contributed by atoms with Gasteiger partial charge in [0.1, 0.15) is 0 Å². The lowest BCUT2D eigenvalue weighted by Crippen LogP contribution is -2.23. The largest absolute Gasteiger partial charge is 0.391 e. The van der Waals surface area contributed by atoms with Crippen molar-refractivity contribution in [2.45, 2.75) is 32.9 Å². The smallest absolute Gasteiger partial charge is 0.0785 e. The van der Waals surface area contributed by atoms with Gasteiger partial charge < -0.3 is 20.1 Å². The standard InChI is InChI=1S/C16H28N2O2/c1-4-18(5-2)15-8-6-14(7-9-15)12-17-11-10-16(19)13-20-3/h6-9,16-17,19H,4-5,10-13H2,1-3H3. The topological polar surface area (TPSA) is 44.7 Å². The highest BCUT2D eigenvalue weighted by molar-refractivity contribution is 5.47. The summed E-state index contributed by atoms with van der Waals surface area (Å²) in [7, 11) is 1.61. The predicted octanol–water partition coefficient (Wildman–Crippen LogP) is 2.02. The number of hydrogen-bond donors (Lipinski definition) is 2. The first kappa shape index (κ1) is 17.0. The number of aliphatic hydroxyl groups is 1. The van der Waals surface area contributed by atoms with E-state index in [1.54, 1.807) is 7.11 Å².